The SMILES string of the molecule is CC(C)OC(=O)[C@@H](C)Oc1ccc(Oc2ncc(Cl)cc2Br)cc1. The molecule has 2 rings (SSSR count). The summed E-state index contributed by atoms with van der Waals surface area (Å²) in [5.74, 6) is 1.12. The number of esters is 1. The molecule has 1 aromatic heterocycles. The van der Waals surface area contributed by atoms with Crippen LogP contribution in [0.3, 0.4) is 0 Å². The first-order valence-corrected chi connectivity index (χ1v) is 8.48. The van der Waals surface area contributed by atoms with Crippen LogP contribution in [0.4, 0.5) is 0 Å². The summed E-state index contributed by atoms with van der Waals surface area (Å²) in [5.41, 5.74) is 0. The minimum absolute atomic E-state index is 0.176. The molecule has 7 heteroatoms. The number of benzene rings is 1. The number of aromatic nitrogens is 1. The molecule has 0 amide bonds. The van der Waals surface area contributed by atoms with Crippen molar-refractivity contribution in [3.8, 4) is 17.4 Å². The van der Waals surface area contributed by atoms with Gasteiger partial charge in [0.15, 0.2) is 6.10 Å². The molecule has 0 aliphatic heterocycles. The van der Waals surface area contributed by atoms with Gasteiger partial charge in [-0.3, -0.25) is 0 Å². The van der Waals surface area contributed by atoms with Crippen LogP contribution in [0.25, 0.3) is 0 Å². The van der Waals surface area contributed by atoms with E-state index < -0.39 is 12.1 Å². The first kappa shape index (κ1) is 18.5. The third kappa shape index (κ3) is 5.39. The second-order valence-corrected chi connectivity index (χ2v) is 6.55. The van der Waals surface area contributed by atoms with Gasteiger partial charge in [0, 0.05) is 6.20 Å². The average molecular weight is 415 g/mol. The molecule has 0 radical (unpaired) electrons. The van der Waals surface area contributed by atoms with Gasteiger partial charge >= 0.3 is 5.97 Å². The number of carbonyl (C=O) groups excluding carboxylic acids is 1. The molecular weight excluding hydrogens is 398 g/mol. The molecule has 1 aromatic carbocycles. The van der Waals surface area contributed by atoms with Crippen molar-refractivity contribution in [2.24, 2.45) is 0 Å². The van der Waals surface area contributed by atoms with Crippen LogP contribution >= 0.6 is 27.5 Å². The molecule has 0 aliphatic rings. The monoisotopic (exact) mass is 413 g/mol. The zero-order valence-electron chi connectivity index (χ0n) is 13.5. The number of hydrogen-bond acceptors (Lipinski definition) is 5. The standard InChI is InChI=1S/C17H17BrClNO4/c1-10(2)22-17(21)11(3)23-13-4-6-14(7-5-13)24-16-15(18)8-12(19)9-20-16/h4-11H,1-3H3/t11-/m1/s1. The molecular formula is C17H17BrClNO4. The summed E-state index contributed by atoms with van der Waals surface area (Å²) < 4.78 is 17.0. The van der Waals surface area contributed by atoms with Crippen LogP contribution in [-0.2, 0) is 9.53 Å². The number of rotatable bonds is 6. The lowest BCUT2D eigenvalue weighted by Crippen LogP contribution is -2.28. The second kappa shape index (κ2) is 8.35. The number of pyridine rings is 1. The third-order valence-corrected chi connectivity index (χ3v) is 3.58. The molecule has 0 bridgehead atoms. The van der Waals surface area contributed by atoms with Crippen molar-refractivity contribution >= 4 is 33.5 Å². The van der Waals surface area contributed by atoms with E-state index in [-0.39, 0.29) is 6.10 Å². The first-order chi connectivity index (χ1) is 11.3. The maximum absolute atomic E-state index is 11.7. The summed E-state index contributed by atoms with van der Waals surface area (Å²) in [6.45, 7) is 5.23. The van der Waals surface area contributed by atoms with E-state index in [0.29, 0.717) is 26.9 Å². The fraction of sp³-hybridized carbons (Fsp3) is 0.294. The summed E-state index contributed by atoms with van der Waals surface area (Å²) in [6.07, 6.45) is 0.636. The van der Waals surface area contributed by atoms with Gasteiger partial charge in [-0.2, -0.15) is 0 Å². The second-order valence-electron chi connectivity index (χ2n) is 5.26. The lowest BCUT2D eigenvalue weighted by atomic mass is 10.3. The highest BCUT2D eigenvalue weighted by atomic mass is 79.9. The fourth-order valence-electron chi connectivity index (χ4n) is 1.76. The zero-order chi connectivity index (χ0) is 17.7. The number of nitrogens with zero attached hydrogens (tertiary/aromatic N) is 1. The van der Waals surface area contributed by atoms with Crippen LogP contribution in [0.15, 0.2) is 41.0 Å². The van der Waals surface area contributed by atoms with Crippen LogP contribution in [0.5, 0.6) is 17.4 Å². The van der Waals surface area contributed by atoms with Crippen LogP contribution < -0.4 is 9.47 Å². The Labute approximate surface area is 154 Å². The van der Waals surface area contributed by atoms with Gasteiger partial charge in [-0.05, 0) is 67.0 Å². The Bertz CT molecular complexity index is 706. The van der Waals surface area contributed by atoms with Gasteiger partial charge in [-0.15, -0.1) is 0 Å². The summed E-state index contributed by atoms with van der Waals surface area (Å²) in [5, 5.41) is 0.514. The highest BCUT2D eigenvalue weighted by Gasteiger charge is 2.17. The van der Waals surface area contributed by atoms with E-state index in [1.165, 1.54) is 6.20 Å². The molecule has 0 saturated carbocycles. The normalized spacial score (nSPS) is 11.9. The van der Waals surface area contributed by atoms with E-state index in [2.05, 4.69) is 20.9 Å². The van der Waals surface area contributed by atoms with Crippen molar-refractivity contribution in [1.29, 1.82) is 0 Å². The van der Waals surface area contributed by atoms with Gasteiger partial charge in [0.1, 0.15) is 11.5 Å². The Balaban J connectivity index is 1.99. The van der Waals surface area contributed by atoms with E-state index in [1.807, 2.05) is 0 Å². The Morgan fingerprint density at radius 1 is 1.17 bits per heavy atom. The molecule has 0 spiro atoms. The maximum Gasteiger partial charge on any atom is 0.347 e. The summed E-state index contributed by atoms with van der Waals surface area (Å²) in [6, 6.07) is 8.55. The van der Waals surface area contributed by atoms with Gasteiger partial charge in [-0.25, -0.2) is 9.78 Å². The van der Waals surface area contributed by atoms with Gasteiger partial charge in [0.25, 0.3) is 0 Å². The fourth-order valence-corrected chi connectivity index (χ4v) is 2.48. The zero-order valence-corrected chi connectivity index (χ0v) is 15.8. The van der Waals surface area contributed by atoms with Crippen LogP contribution in [0.1, 0.15) is 20.8 Å². The van der Waals surface area contributed by atoms with Crippen LogP contribution in [0.2, 0.25) is 5.02 Å². The topological polar surface area (TPSA) is 57.7 Å². The van der Waals surface area contributed by atoms with Gasteiger partial charge < -0.3 is 14.2 Å². The number of hydrogen-bond donors (Lipinski definition) is 0. The Hall–Kier alpha value is -1.79. The number of ether oxygens (including phenoxy) is 3. The van der Waals surface area contributed by atoms with Crippen molar-refractivity contribution in [2.45, 2.75) is 33.0 Å². The van der Waals surface area contributed by atoms with E-state index in [9.17, 15) is 4.79 Å². The predicted molar refractivity (Wildman–Crippen MR) is 94.8 cm³/mol. The molecule has 5 nitrogen and oxygen atoms in total. The van der Waals surface area contributed by atoms with E-state index in [1.54, 1.807) is 51.1 Å². The van der Waals surface area contributed by atoms with Crippen LogP contribution in [0, 0.1) is 0 Å². The minimum atomic E-state index is -0.689. The first-order valence-electron chi connectivity index (χ1n) is 7.31. The predicted octanol–water partition coefficient (Wildman–Crippen LogP) is 5.01. The molecule has 2 aromatic rings. The molecule has 0 unspecified atom stereocenters. The van der Waals surface area contributed by atoms with Crippen LogP contribution in [-0.4, -0.2) is 23.2 Å². The Morgan fingerprint density at radius 2 is 1.79 bits per heavy atom. The molecule has 0 fully saturated rings. The minimum Gasteiger partial charge on any atom is -0.479 e. The maximum atomic E-state index is 11.7. The van der Waals surface area contributed by atoms with E-state index in [0.717, 1.165) is 0 Å². The van der Waals surface area contributed by atoms with Crippen molar-refractivity contribution in [3.63, 3.8) is 0 Å². The number of carbonyl (C=O) groups is 1. The van der Waals surface area contributed by atoms with Crippen molar-refractivity contribution in [2.75, 3.05) is 0 Å². The molecule has 0 aliphatic carbocycles. The third-order valence-electron chi connectivity index (χ3n) is 2.81. The quantitative estimate of drug-likeness (QED) is 0.622. The van der Waals surface area contributed by atoms with E-state index in [4.69, 9.17) is 25.8 Å². The highest BCUT2D eigenvalue weighted by molar-refractivity contribution is 9.10. The van der Waals surface area contributed by atoms with Crippen molar-refractivity contribution in [1.82, 2.24) is 4.98 Å². The summed E-state index contributed by atoms with van der Waals surface area (Å²) in [4.78, 5) is 15.8. The molecule has 24 heavy (non-hydrogen) atoms. The van der Waals surface area contributed by atoms with Gasteiger partial charge in [0.05, 0.1) is 15.6 Å². The molecule has 1 heterocycles. The van der Waals surface area contributed by atoms with Crippen molar-refractivity contribution < 1.29 is 19.0 Å². The van der Waals surface area contributed by atoms with Gasteiger partial charge in [0.2, 0.25) is 5.88 Å². The van der Waals surface area contributed by atoms with E-state index >= 15 is 0 Å². The lowest BCUT2D eigenvalue weighted by molar-refractivity contribution is -0.154. The Kier molecular flexibility index (Phi) is 6.45. The largest absolute Gasteiger partial charge is 0.479 e. The Morgan fingerprint density at radius 3 is 2.38 bits per heavy atom. The highest BCUT2D eigenvalue weighted by Crippen LogP contribution is 2.30. The molecule has 0 N–H and O–H groups in total. The average Bonchev–Trinajstić information content (AvgIpc) is 2.51. The summed E-state index contributed by atoms with van der Waals surface area (Å²) in [7, 11) is 0. The smallest absolute Gasteiger partial charge is 0.347 e. The number of halogens is 2. The lowest BCUT2D eigenvalue weighted by Gasteiger charge is -2.16. The van der Waals surface area contributed by atoms with Crippen molar-refractivity contribution in [3.05, 3.63) is 46.0 Å². The van der Waals surface area contributed by atoms with Gasteiger partial charge in [-0.1, -0.05) is 11.6 Å². The molecule has 1 atom stereocenters. The summed E-state index contributed by atoms with van der Waals surface area (Å²) >= 11 is 9.18. The molecule has 0 saturated heterocycles. The molecule has 128 valence electrons.